The Balaban J connectivity index is 1.03. The molecule has 12 rings (SSSR count). The molecule has 4 nitrogen and oxygen atoms in total. The van der Waals surface area contributed by atoms with Gasteiger partial charge in [-0.05, 0) is 98.9 Å². The number of fused-ring (bicyclic) bond motifs is 6. The van der Waals surface area contributed by atoms with Crippen molar-refractivity contribution >= 4 is 72.4 Å². The molecular weight excluding hydrogens is 785 g/mol. The molecule has 0 atom stereocenters. The predicted molar refractivity (Wildman–Crippen MR) is 266 cm³/mol. The molecule has 2 aromatic heterocycles. The lowest BCUT2D eigenvalue weighted by Crippen LogP contribution is -2.10. The Hall–Kier alpha value is -8.12. The van der Waals surface area contributed by atoms with E-state index in [1.54, 1.807) is 0 Å². The van der Waals surface area contributed by atoms with Crippen LogP contribution in [0.5, 0.6) is 0 Å². The summed E-state index contributed by atoms with van der Waals surface area (Å²) in [6, 6.07) is 82.7. The van der Waals surface area contributed by atoms with Crippen LogP contribution in [0.2, 0.25) is 0 Å². The number of benzene rings is 10. The molecule has 0 radical (unpaired) electrons. The molecule has 0 aliphatic heterocycles. The number of anilines is 3. The monoisotopic (exact) mass is 822 g/mol. The number of hydrogen-bond donors (Lipinski definition) is 0. The van der Waals surface area contributed by atoms with Crippen molar-refractivity contribution in [1.29, 1.82) is 0 Å². The quantitative estimate of drug-likeness (QED) is 0.153. The topological polar surface area (TPSA) is 34.0 Å². The standard InChI is InChI=1S/C58H38N4S/c1-5-14-39(15-6-1)41-24-30-47(31-25-41)61(48-32-26-42(27-33-48)40-16-7-2-8-17-40)53-37-36-50(56-57(53)60-63-59-56)45-29-34-51-52-35-28-44-20-13-23-49(43-18-9-3-10-19-43)55(44)58(52)62(54(51)38-45)46-21-11-4-12-22-46/h1-38H. The minimum absolute atomic E-state index is 0.860. The lowest BCUT2D eigenvalue weighted by molar-refractivity contribution is 1.19. The zero-order valence-electron chi connectivity index (χ0n) is 34.1. The molecule has 10 aromatic carbocycles. The van der Waals surface area contributed by atoms with Crippen LogP contribution in [0, 0.1) is 0 Å². The van der Waals surface area contributed by atoms with Crippen LogP contribution in [-0.2, 0) is 0 Å². The van der Waals surface area contributed by atoms with Crippen LogP contribution >= 0.6 is 11.7 Å². The molecule has 0 saturated carbocycles. The maximum atomic E-state index is 5.03. The summed E-state index contributed by atoms with van der Waals surface area (Å²) in [4.78, 5) is 2.31. The van der Waals surface area contributed by atoms with Gasteiger partial charge in [-0.1, -0.05) is 176 Å². The van der Waals surface area contributed by atoms with Crippen molar-refractivity contribution in [3.63, 3.8) is 0 Å². The van der Waals surface area contributed by atoms with E-state index in [9.17, 15) is 0 Å². The maximum absolute atomic E-state index is 5.03. The number of rotatable bonds is 8. The van der Waals surface area contributed by atoms with Crippen LogP contribution in [-0.4, -0.2) is 13.3 Å². The van der Waals surface area contributed by atoms with Gasteiger partial charge in [0.25, 0.3) is 0 Å². The van der Waals surface area contributed by atoms with Crippen LogP contribution in [0.3, 0.4) is 0 Å². The number of nitrogens with zero attached hydrogens (tertiary/aromatic N) is 4. The smallest absolute Gasteiger partial charge is 0.129 e. The normalized spacial score (nSPS) is 11.5. The first-order valence-corrected chi connectivity index (χ1v) is 22.0. The van der Waals surface area contributed by atoms with Crippen LogP contribution in [0.1, 0.15) is 0 Å². The summed E-state index contributed by atoms with van der Waals surface area (Å²) in [5.41, 5.74) is 17.5. The highest BCUT2D eigenvalue weighted by atomic mass is 32.1. The van der Waals surface area contributed by atoms with Gasteiger partial charge in [0, 0.05) is 38.8 Å². The summed E-state index contributed by atoms with van der Waals surface area (Å²) < 4.78 is 12.5. The highest BCUT2D eigenvalue weighted by Crippen LogP contribution is 2.45. The van der Waals surface area contributed by atoms with Crippen molar-refractivity contribution < 1.29 is 0 Å². The highest BCUT2D eigenvalue weighted by molar-refractivity contribution is 7.00. The van der Waals surface area contributed by atoms with E-state index in [2.05, 4.69) is 240 Å². The number of aromatic nitrogens is 3. The molecule has 0 aliphatic carbocycles. The van der Waals surface area contributed by atoms with Crippen molar-refractivity contribution in [2.24, 2.45) is 0 Å². The molecule has 0 unspecified atom stereocenters. The summed E-state index contributed by atoms with van der Waals surface area (Å²) in [5, 5.41) is 4.88. The van der Waals surface area contributed by atoms with Crippen LogP contribution in [0.4, 0.5) is 17.1 Å². The average molecular weight is 823 g/mol. The second-order valence-corrected chi connectivity index (χ2v) is 16.4. The molecule has 0 bridgehead atoms. The van der Waals surface area contributed by atoms with Gasteiger partial charge in [0.2, 0.25) is 0 Å². The van der Waals surface area contributed by atoms with E-state index in [1.807, 2.05) is 0 Å². The fourth-order valence-electron chi connectivity index (χ4n) is 9.31. The Kier molecular flexibility index (Phi) is 8.98. The van der Waals surface area contributed by atoms with Gasteiger partial charge < -0.3 is 9.47 Å². The highest BCUT2D eigenvalue weighted by Gasteiger charge is 2.23. The summed E-state index contributed by atoms with van der Waals surface area (Å²) in [6.07, 6.45) is 0. The first kappa shape index (κ1) is 36.7. The molecule has 5 heteroatoms. The van der Waals surface area contributed by atoms with E-state index in [4.69, 9.17) is 8.75 Å². The molecule has 12 aromatic rings. The molecule has 0 N–H and O–H groups in total. The van der Waals surface area contributed by atoms with Crippen molar-refractivity contribution in [2.75, 3.05) is 4.90 Å². The molecule has 0 aliphatic rings. The molecule has 0 saturated heterocycles. The number of hydrogen-bond acceptors (Lipinski definition) is 4. The molecule has 63 heavy (non-hydrogen) atoms. The van der Waals surface area contributed by atoms with Gasteiger partial charge >= 0.3 is 0 Å². The van der Waals surface area contributed by atoms with E-state index in [-0.39, 0.29) is 0 Å². The van der Waals surface area contributed by atoms with Gasteiger partial charge in [0.05, 0.1) is 28.4 Å². The second-order valence-electron chi connectivity index (χ2n) is 15.9. The van der Waals surface area contributed by atoms with Crippen molar-refractivity contribution in [3.05, 3.63) is 231 Å². The first-order chi connectivity index (χ1) is 31.3. The summed E-state index contributed by atoms with van der Waals surface area (Å²) in [5.74, 6) is 0. The fraction of sp³-hybridized carbons (Fsp3) is 0. The lowest BCUT2D eigenvalue weighted by Gasteiger charge is -2.26. The Bertz CT molecular complexity index is 3500. The Morgan fingerprint density at radius 3 is 1.56 bits per heavy atom. The fourth-order valence-corrected chi connectivity index (χ4v) is 9.88. The lowest BCUT2D eigenvalue weighted by atomic mass is 9.96. The third-order valence-corrected chi connectivity index (χ3v) is 12.8. The number of para-hydroxylation sites is 1. The van der Waals surface area contributed by atoms with Gasteiger partial charge in [0.1, 0.15) is 11.0 Å². The van der Waals surface area contributed by atoms with Gasteiger partial charge in [-0.2, -0.15) is 8.75 Å². The third kappa shape index (κ3) is 6.37. The van der Waals surface area contributed by atoms with Gasteiger partial charge in [-0.25, -0.2) is 0 Å². The largest absolute Gasteiger partial charge is 0.309 e. The average Bonchev–Trinajstić information content (AvgIpc) is 3.99. The Labute approximate surface area is 369 Å². The summed E-state index contributed by atoms with van der Waals surface area (Å²) in [6.45, 7) is 0. The molecule has 2 heterocycles. The van der Waals surface area contributed by atoms with Crippen molar-refractivity contribution in [1.82, 2.24) is 13.3 Å². The zero-order chi connectivity index (χ0) is 41.7. The maximum Gasteiger partial charge on any atom is 0.129 e. The molecule has 296 valence electrons. The van der Waals surface area contributed by atoms with E-state index < -0.39 is 0 Å². The van der Waals surface area contributed by atoms with Crippen molar-refractivity contribution in [2.45, 2.75) is 0 Å². The second kappa shape index (κ2) is 15.4. The van der Waals surface area contributed by atoms with E-state index in [1.165, 1.54) is 72.2 Å². The van der Waals surface area contributed by atoms with E-state index in [0.717, 1.165) is 50.4 Å². The molecular formula is C58H38N4S. The molecule has 0 amide bonds. The SMILES string of the molecule is c1ccc(-c2ccc(N(c3ccc(-c4ccccc4)cc3)c3ccc(-c4ccc5c6ccc7cccc(-c8ccccc8)c7c6n(-c6ccccc6)c5c4)c4nsnc34)cc2)cc1. The molecule has 0 fully saturated rings. The summed E-state index contributed by atoms with van der Waals surface area (Å²) in [7, 11) is 0. The molecule has 0 spiro atoms. The van der Waals surface area contributed by atoms with Gasteiger partial charge in [0.15, 0.2) is 0 Å². The Morgan fingerprint density at radius 2 is 0.921 bits per heavy atom. The summed E-state index contributed by atoms with van der Waals surface area (Å²) >= 11 is 1.26. The van der Waals surface area contributed by atoms with Crippen LogP contribution in [0.15, 0.2) is 231 Å². The predicted octanol–water partition coefficient (Wildman–Crippen LogP) is 16.1. The van der Waals surface area contributed by atoms with Crippen LogP contribution in [0.25, 0.3) is 93.8 Å². The van der Waals surface area contributed by atoms with Gasteiger partial charge in [-0.15, -0.1) is 0 Å². The Morgan fingerprint density at radius 1 is 0.381 bits per heavy atom. The van der Waals surface area contributed by atoms with E-state index >= 15 is 0 Å². The minimum Gasteiger partial charge on any atom is -0.309 e. The first-order valence-electron chi connectivity index (χ1n) is 21.2. The van der Waals surface area contributed by atoms with Crippen LogP contribution < -0.4 is 4.90 Å². The third-order valence-electron chi connectivity index (χ3n) is 12.3. The minimum atomic E-state index is 0.860. The van der Waals surface area contributed by atoms with Gasteiger partial charge in [-0.3, -0.25) is 0 Å². The van der Waals surface area contributed by atoms with E-state index in [0.29, 0.717) is 0 Å². The van der Waals surface area contributed by atoms with Crippen molar-refractivity contribution in [3.8, 4) is 50.2 Å². The zero-order valence-corrected chi connectivity index (χ0v) is 35.0.